The van der Waals surface area contributed by atoms with E-state index in [1.165, 1.54) is 12.8 Å². The minimum atomic E-state index is -0.257. The molecule has 7 nitrogen and oxygen atoms in total. The van der Waals surface area contributed by atoms with E-state index < -0.39 is 0 Å². The SMILES string of the molecule is CN(C)C1(CNC(=O)c2nc(N)n[nH]2)CCCC1. The predicted octanol–water partition coefficient (Wildman–Crippen LogP) is -0.00890. The van der Waals surface area contributed by atoms with E-state index in [4.69, 9.17) is 5.73 Å². The summed E-state index contributed by atoms with van der Waals surface area (Å²) in [5, 5.41) is 9.06. The fraction of sp³-hybridized carbons (Fsp3) is 0.727. The Balaban J connectivity index is 1.96. The van der Waals surface area contributed by atoms with Gasteiger partial charge in [0.25, 0.3) is 5.91 Å². The molecule has 100 valence electrons. The first-order valence-corrected chi connectivity index (χ1v) is 6.17. The number of nitrogens with one attached hydrogen (secondary N) is 2. The largest absolute Gasteiger partial charge is 0.366 e. The van der Waals surface area contributed by atoms with Crippen molar-refractivity contribution in [3.8, 4) is 0 Å². The Hall–Kier alpha value is -1.63. The molecule has 1 fully saturated rings. The third kappa shape index (κ3) is 2.45. The molecule has 1 heterocycles. The summed E-state index contributed by atoms with van der Waals surface area (Å²) in [5.74, 6) is -0.00457. The van der Waals surface area contributed by atoms with Gasteiger partial charge in [-0.2, -0.15) is 4.98 Å². The molecule has 0 aromatic carbocycles. The number of H-pyrrole nitrogens is 1. The maximum atomic E-state index is 11.9. The van der Waals surface area contributed by atoms with E-state index in [1.807, 2.05) is 0 Å². The number of amides is 1. The molecule has 0 saturated heterocycles. The number of carbonyl (C=O) groups is 1. The van der Waals surface area contributed by atoms with Crippen LogP contribution < -0.4 is 11.1 Å². The Morgan fingerprint density at radius 3 is 2.67 bits per heavy atom. The van der Waals surface area contributed by atoms with Gasteiger partial charge in [0.05, 0.1) is 0 Å². The first kappa shape index (κ1) is 12.8. The maximum absolute atomic E-state index is 11.9. The fourth-order valence-electron chi connectivity index (χ4n) is 2.52. The minimum Gasteiger partial charge on any atom is -0.366 e. The van der Waals surface area contributed by atoms with Gasteiger partial charge in [-0.15, -0.1) is 5.10 Å². The van der Waals surface area contributed by atoms with Gasteiger partial charge in [0, 0.05) is 12.1 Å². The molecule has 1 aliphatic rings. The Morgan fingerprint density at radius 1 is 1.50 bits per heavy atom. The van der Waals surface area contributed by atoms with Crippen molar-refractivity contribution in [2.24, 2.45) is 0 Å². The first-order chi connectivity index (χ1) is 8.53. The van der Waals surface area contributed by atoms with Crippen LogP contribution in [0.3, 0.4) is 0 Å². The lowest BCUT2D eigenvalue weighted by atomic mass is 9.96. The highest BCUT2D eigenvalue weighted by atomic mass is 16.2. The lowest BCUT2D eigenvalue weighted by Gasteiger charge is -2.36. The number of nitrogen functional groups attached to an aromatic ring is 1. The number of hydrogen-bond donors (Lipinski definition) is 3. The summed E-state index contributed by atoms with van der Waals surface area (Å²) in [7, 11) is 4.12. The quantitative estimate of drug-likeness (QED) is 0.700. The molecular formula is C11H20N6O. The number of likely N-dealkylation sites (N-methyl/N-ethyl adjacent to an activating group) is 1. The minimum absolute atomic E-state index is 0.0707. The number of aromatic nitrogens is 3. The van der Waals surface area contributed by atoms with Gasteiger partial charge in [-0.05, 0) is 26.9 Å². The maximum Gasteiger partial charge on any atom is 0.288 e. The highest BCUT2D eigenvalue weighted by Crippen LogP contribution is 2.33. The number of hydrogen-bond acceptors (Lipinski definition) is 5. The lowest BCUT2D eigenvalue weighted by molar-refractivity contribution is 0.0890. The Bertz CT molecular complexity index is 421. The number of rotatable bonds is 4. The van der Waals surface area contributed by atoms with Crippen molar-refractivity contribution in [1.29, 1.82) is 0 Å². The second kappa shape index (κ2) is 4.93. The zero-order valence-electron chi connectivity index (χ0n) is 10.9. The average molecular weight is 252 g/mol. The van der Waals surface area contributed by atoms with Crippen molar-refractivity contribution >= 4 is 11.9 Å². The van der Waals surface area contributed by atoms with Gasteiger partial charge < -0.3 is 16.0 Å². The van der Waals surface area contributed by atoms with Crippen LogP contribution in [0, 0.1) is 0 Å². The third-order valence-corrected chi connectivity index (χ3v) is 3.78. The predicted molar refractivity (Wildman–Crippen MR) is 68.0 cm³/mol. The van der Waals surface area contributed by atoms with Crippen LogP contribution in [0.4, 0.5) is 5.95 Å². The Labute approximate surface area is 106 Å². The van der Waals surface area contributed by atoms with Crippen LogP contribution >= 0.6 is 0 Å². The summed E-state index contributed by atoms with van der Waals surface area (Å²) in [6.45, 7) is 0.624. The fourth-order valence-corrected chi connectivity index (χ4v) is 2.52. The van der Waals surface area contributed by atoms with E-state index in [-0.39, 0.29) is 23.2 Å². The third-order valence-electron chi connectivity index (χ3n) is 3.78. The molecule has 1 aliphatic carbocycles. The molecule has 2 rings (SSSR count). The van der Waals surface area contributed by atoms with E-state index in [9.17, 15) is 4.79 Å². The van der Waals surface area contributed by atoms with Gasteiger partial charge in [0.15, 0.2) is 0 Å². The van der Waals surface area contributed by atoms with Gasteiger partial charge in [-0.3, -0.25) is 9.89 Å². The van der Waals surface area contributed by atoms with Gasteiger partial charge in [0.1, 0.15) is 0 Å². The van der Waals surface area contributed by atoms with Gasteiger partial charge in [-0.25, -0.2) is 0 Å². The zero-order chi connectivity index (χ0) is 13.2. The molecule has 1 aromatic rings. The van der Waals surface area contributed by atoms with Crippen LogP contribution in [-0.4, -0.2) is 52.2 Å². The molecule has 0 bridgehead atoms. The molecule has 1 saturated carbocycles. The van der Waals surface area contributed by atoms with E-state index in [0.717, 1.165) is 12.8 Å². The van der Waals surface area contributed by atoms with Crippen LogP contribution in [0.25, 0.3) is 0 Å². The second-order valence-corrected chi connectivity index (χ2v) is 5.05. The summed E-state index contributed by atoms with van der Waals surface area (Å²) in [4.78, 5) is 17.9. The number of nitrogens with zero attached hydrogens (tertiary/aromatic N) is 3. The Morgan fingerprint density at radius 2 is 2.17 bits per heavy atom. The van der Waals surface area contributed by atoms with Gasteiger partial charge in [-0.1, -0.05) is 12.8 Å². The van der Waals surface area contributed by atoms with Gasteiger partial charge >= 0.3 is 0 Å². The molecule has 0 radical (unpaired) electrons. The standard InChI is InChI=1S/C11H20N6O/c1-17(2)11(5-3-4-6-11)7-13-9(18)8-14-10(12)16-15-8/h3-7H2,1-2H3,(H,13,18)(H3,12,14,15,16). The molecular weight excluding hydrogens is 232 g/mol. The summed E-state index contributed by atoms with van der Waals surface area (Å²) in [6.07, 6.45) is 4.64. The number of carbonyl (C=O) groups excluding carboxylic acids is 1. The molecule has 1 amide bonds. The molecule has 4 N–H and O–H groups in total. The average Bonchev–Trinajstić information content (AvgIpc) is 2.95. The zero-order valence-corrected chi connectivity index (χ0v) is 10.9. The van der Waals surface area contributed by atoms with Crippen LogP contribution in [0.2, 0.25) is 0 Å². The van der Waals surface area contributed by atoms with Crippen molar-refractivity contribution in [2.45, 2.75) is 31.2 Å². The molecule has 0 aliphatic heterocycles. The van der Waals surface area contributed by atoms with Crippen molar-refractivity contribution in [2.75, 3.05) is 26.4 Å². The molecule has 1 aromatic heterocycles. The first-order valence-electron chi connectivity index (χ1n) is 6.17. The van der Waals surface area contributed by atoms with Crippen LogP contribution in [0.15, 0.2) is 0 Å². The van der Waals surface area contributed by atoms with Crippen LogP contribution in [-0.2, 0) is 0 Å². The smallest absolute Gasteiger partial charge is 0.288 e. The second-order valence-electron chi connectivity index (χ2n) is 5.05. The van der Waals surface area contributed by atoms with Crippen molar-refractivity contribution in [3.63, 3.8) is 0 Å². The van der Waals surface area contributed by atoms with Crippen LogP contribution in [0.1, 0.15) is 36.3 Å². The van der Waals surface area contributed by atoms with Crippen LogP contribution in [0.5, 0.6) is 0 Å². The highest BCUT2D eigenvalue weighted by Gasteiger charge is 2.36. The molecule has 18 heavy (non-hydrogen) atoms. The number of nitrogens with two attached hydrogens (primary N) is 1. The Kier molecular flexibility index (Phi) is 3.51. The van der Waals surface area contributed by atoms with Crippen molar-refractivity contribution in [3.05, 3.63) is 5.82 Å². The van der Waals surface area contributed by atoms with E-state index in [0.29, 0.717) is 6.54 Å². The van der Waals surface area contributed by atoms with Crippen molar-refractivity contribution < 1.29 is 4.79 Å². The highest BCUT2D eigenvalue weighted by molar-refractivity contribution is 5.90. The summed E-state index contributed by atoms with van der Waals surface area (Å²) < 4.78 is 0. The monoisotopic (exact) mass is 252 g/mol. The molecule has 0 atom stereocenters. The molecule has 0 unspecified atom stereocenters. The van der Waals surface area contributed by atoms with Crippen molar-refractivity contribution in [1.82, 2.24) is 25.4 Å². The molecule has 0 spiro atoms. The number of aromatic amines is 1. The van der Waals surface area contributed by atoms with Gasteiger partial charge in [0.2, 0.25) is 11.8 Å². The molecule has 7 heteroatoms. The van der Waals surface area contributed by atoms with E-state index >= 15 is 0 Å². The normalized spacial score (nSPS) is 18.2. The number of anilines is 1. The topological polar surface area (TPSA) is 99.9 Å². The summed E-state index contributed by atoms with van der Waals surface area (Å²) in [6, 6.07) is 0. The van der Waals surface area contributed by atoms with E-state index in [2.05, 4.69) is 39.5 Å². The van der Waals surface area contributed by atoms with E-state index in [1.54, 1.807) is 0 Å². The summed E-state index contributed by atoms with van der Waals surface area (Å²) >= 11 is 0. The summed E-state index contributed by atoms with van der Waals surface area (Å²) in [5.41, 5.74) is 5.44. The lowest BCUT2D eigenvalue weighted by Crippen LogP contribution is -2.50.